The highest BCUT2D eigenvalue weighted by molar-refractivity contribution is 7.78. The minimum atomic E-state index is -0.265. The summed E-state index contributed by atoms with van der Waals surface area (Å²) in [6.07, 6.45) is 0. The molecule has 0 unspecified atom stereocenters. The average molecular weight is 415 g/mol. The normalized spacial score (nSPS) is 12.6. The SMILES string of the molecule is O=C(N=c1ssc2c(=NC(=O)c3ccccc3)ssc12)c1ccccc1. The van der Waals surface area contributed by atoms with Crippen molar-refractivity contribution in [1.82, 2.24) is 0 Å². The molecule has 4 nitrogen and oxygen atoms in total. The van der Waals surface area contributed by atoms with Gasteiger partial charge in [-0.1, -0.05) is 77.8 Å². The highest BCUT2D eigenvalue weighted by Crippen LogP contribution is 2.24. The Hall–Kier alpha value is -2.26. The lowest BCUT2D eigenvalue weighted by molar-refractivity contribution is 0.0991. The van der Waals surface area contributed by atoms with Crippen LogP contribution < -0.4 is 9.34 Å². The lowest BCUT2D eigenvalue weighted by atomic mass is 10.2. The van der Waals surface area contributed by atoms with Crippen molar-refractivity contribution in [3.63, 3.8) is 0 Å². The lowest BCUT2D eigenvalue weighted by Crippen LogP contribution is -2.03. The fraction of sp³-hybridized carbons (Fsp3) is 0. The van der Waals surface area contributed by atoms with Crippen LogP contribution in [0, 0.1) is 0 Å². The molecule has 0 N–H and O–H groups in total. The van der Waals surface area contributed by atoms with Crippen LogP contribution in [0.25, 0.3) is 9.40 Å². The van der Waals surface area contributed by atoms with Gasteiger partial charge in [0.15, 0.2) is 0 Å². The minimum absolute atomic E-state index is 0.265. The highest BCUT2D eigenvalue weighted by atomic mass is 32.9. The summed E-state index contributed by atoms with van der Waals surface area (Å²) in [5.74, 6) is -0.530. The van der Waals surface area contributed by atoms with Gasteiger partial charge in [0.2, 0.25) is 0 Å². The predicted molar refractivity (Wildman–Crippen MR) is 108 cm³/mol. The van der Waals surface area contributed by atoms with Crippen LogP contribution in [0.3, 0.4) is 0 Å². The summed E-state index contributed by atoms with van der Waals surface area (Å²) < 4.78 is 3.17. The van der Waals surface area contributed by atoms with Crippen molar-refractivity contribution in [2.45, 2.75) is 0 Å². The van der Waals surface area contributed by atoms with Crippen LogP contribution in [0.2, 0.25) is 0 Å². The van der Waals surface area contributed by atoms with Crippen molar-refractivity contribution in [3.8, 4) is 0 Å². The Morgan fingerprint density at radius 2 is 0.962 bits per heavy atom. The summed E-state index contributed by atoms with van der Waals surface area (Å²) in [5.41, 5.74) is 1.12. The lowest BCUT2D eigenvalue weighted by Gasteiger charge is -1.91. The molecule has 0 saturated carbocycles. The summed E-state index contributed by atoms with van der Waals surface area (Å²) in [7, 11) is 5.84. The second kappa shape index (κ2) is 7.55. The Morgan fingerprint density at radius 1 is 0.577 bits per heavy atom. The molecule has 2 amide bonds. The van der Waals surface area contributed by atoms with Gasteiger partial charge in [-0.15, -0.1) is 0 Å². The van der Waals surface area contributed by atoms with E-state index in [4.69, 9.17) is 0 Å². The monoisotopic (exact) mass is 414 g/mol. The van der Waals surface area contributed by atoms with Crippen LogP contribution >= 0.6 is 41.4 Å². The Labute approximate surface area is 162 Å². The van der Waals surface area contributed by atoms with Crippen molar-refractivity contribution < 1.29 is 9.59 Å². The van der Waals surface area contributed by atoms with Crippen molar-refractivity contribution in [2.24, 2.45) is 9.98 Å². The molecule has 2 aromatic heterocycles. The van der Waals surface area contributed by atoms with Crippen LogP contribution in [0.1, 0.15) is 20.7 Å². The molecule has 0 spiro atoms. The van der Waals surface area contributed by atoms with E-state index in [0.717, 1.165) is 9.40 Å². The molecule has 0 aliphatic rings. The van der Waals surface area contributed by atoms with E-state index >= 15 is 0 Å². The number of amides is 2. The van der Waals surface area contributed by atoms with E-state index in [1.165, 1.54) is 41.4 Å². The molecule has 2 aromatic carbocycles. The highest BCUT2D eigenvalue weighted by Gasteiger charge is 2.11. The summed E-state index contributed by atoms with van der Waals surface area (Å²) >= 11 is 0. The van der Waals surface area contributed by atoms with Crippen LogP contribution in [-0.4, -0.2) is 11.8 Å². The fourth-order valence-corrected chi connectivity index (χ4v) is 8.19. The Bertz CT molecular complexity index is 1120. The number of benzene rings is 2. The van der Waals surface area contributed by atoms with Gasteiger partial charge in [0.1, 0.15) is 9.34 Å². The van der Waals surface area contributed by atoms with Gasteiger partial charge in [0.25, 0.3) is 11.8 Å². The largest absolute Gasteiger partial charge is 0.278 e. The molecule has 26 heavy (non-hydrogen) atoms. The van der Waals surface area contributed by atoms with E-state index in [1.807, 2.05) is 36.4 Å². The first-order valence-corrected chi connectivity index (χ1v) is 11.8. The first-order valence-electron chi connectivity index (χ1n) is 7.52. The van der Waals surface area contributed by atoms with Gasteiger partial charge < -0.3 is 0 Å². The van der Waals surface area contributed by atoms with Gasteiger partial charge in [-0.2, -0.15) is 9.98 Å². The third kappa shape index (κ3) is 3.49. The number of rotatable bonds is 2. The molecule has 0 atom stereocenters. The number of hydrogen-bond donors (Lipinski definition) is 0. The van der Waals surface area contributed by atoms with E-state index in [1.54, 1.807) is 24.3 Å². The van der Waals surface area contributed by atoms with Crippen LogP contribution in [0.4, 0.5) is 0 Å². The van der Waals surface area contributed by atoms with Crippen molar-refractivity contribution in [2.75, 3.05) is 0 Å². The number of nitrogens with zero attached hydrogens (tertiary/aromatic N) is 2. The standard InChI is InChI=1S/C18H10N2O2S4/c21-15(11-7-3-1-4-8-11)19-17-13-14(24-25-17)18(26-23-13)20-16(22)12-9-5-2-6-10-12/h1-10H. The number of fused-ring (bicyclic) bond motifs is 1. The van der Waals surface area contributed by atoms with E-state index in [0.29, 0.717) is 20.5 Å². The Balaban J connectivity index is 1.74. The first kappa shape index (κ1) is 17.2. The van der Waals surface area contributed by atoms with E-state index in [-0.39, 0.29) is 11.8 Å². The van der Waals surface area contributed by atoms with Crippen LogP contribution in [0.5, 0.6) is 0 Å². The van der Waals surface area contributed by atoms with Gasteiger partial charge in [-0.05, 0) is 24.3 Å². The zero-order valence-electron chi connectivity index (χ0n) is 13.1. The van der Waals surface area contributed by atoms with Gasteiger partial charge in [0.05, 0.1) is 9.40 Å². The van der Waals surface area contributed by atoms with Crippen molar-refractivity contribution in [3.05, 3.63) is 81.1 Å². The molecular formula is C18H10N2O2S4. The molecule has 2 heterocycles. The maximum atomic E-state index is 12.3. The fourth-order valence-electron chi connectivity index (χ4n) is 2.19. The summed E-state index contributed by atoms with van der Waals surface area (Å²) in [6, 6.07) is 18.0. The quantitative estimate of drug-likeness (QED) is 0.451. The maximum Gasteiger partial charge on any atom is 0.278 e. The van der Waals surface area contributed by atoms with Gasteiger partial charge in [0, 0.05) is 11.1 Å². The van der Waals surface area contributed by atoms with E-state index in [9.17, 15) is 9.59 Å². The Morgan fingerprint density at radius 3 is 1.35 bits per heavy atom. The molecule has 0 aliphatic carbocycles. The summed E-state index contributed by atoms with van der Waals surface area (Å²) in [5, 5.41) is 0. The van der Waals surface area contributed by atoms with Crippen LogP contribution in [-0.2, 0) is 0 Å². The molecule has 0 radical (unpaired) electrons. The summed E-state index contributed by atoms with van der Waals surface area (Å²) in [4.78, 5) is 33.1. The predicted octanol–water partition coefficient (Wildman–Crippen LogP) is 4.57. The second-order valence-corrected chi connectivity index (χ2v) is 9.42. The zero-order valence-corrected chi connectivity index (χ0v) is 16.4. The van der Waals surface area contributed by atoms with Gasteiger partial charge in [-0.25, -0.2) is 0 Å². The second-order valence-electron chi connectivity index (χ2n) is 5.17. The minimum Gasteiger partial charge on any atom is -0.267 e. The van der Waals surface area contributed by atoms with Crippen molar-refractivity contribution in [1.29, 1.82) is 0 Å². The first-order chi connectivity index (χ1) is 12.7. The molecular weight excluding hydrogens is 404 g/mol. The third-order valence-electron chi connectivity index (χ3n) is 3.45. The Kier molecular flexibility index (Phi) is 4.98. The molecule has 4 aromatic rings. The molecule has 4 rings (SSSR count). The molecule has 8 heteroatoms. The topological polar surface area (TPSA) is 58.9 Å². The van der Waals surface area contributed by atoms with E-state index < -0.39 is 0 Å². The number of carbonyl (C=O) groups excluding carboxylic acids is 2. The maximum absolute atomic E-state index is 12.3. The molecule has 128 valence electrons. The van der Waals surface area contributed by atoms with Crippen molar-refractivity contribution >= 4 is 62.6 Å². The van der Waals surface area contributed by atoms with Gasteiger partial charge in [-0.3, -0.25) is 9.59 Å². The average Bonchev–Trinajstić information content (AvgIpc) is 3.27. The molecule has 0 saturated heterocycles. The molecule has 0 bridgehead atoms. The summed E-state index contributed by atoms with van der Waals surface area (Å²) in [6.45, 7) is 0. The third-order valence-corrected chi connectivity index (χ3v) is 8.49. The van der Waals surface area contributed by atoms with Crippen LogP contribution in [0.15, 0.2) is 70.6 Å². The van der Waals surface area contributed by atoms with Gasteiger partial charge >= 0.3 is 0 Å². The van der Waals surface area contributed by atoms with E-state index in [2.05, 4.69) is 9.98 Å². The number of hydrogen-bond acceptors (Lipinski definition) is 6. The smallest absolute Gasteiger partial charge is 0.267 e. The molecule has 0 fully saturated rings. The number of carbonyl (C=O) groups is 2. The molecule has 0 aliphatic heterocycles. The zero-order chi connectivity index (χ0) is 17.9.